The third-order valence-electron chi connectivity index (χ3n) is 3.79. The van der Waals surface area contributed by atoms with Gasteiger partial charge in [0.1, 0.15) is 5.82 Å². The summed E-state index contributed by atoms with van der Waals surface area (Å²) < 4.78 is 0. The van der Waals surface area contributed by atoms with E-state index in [1.54, 1.807) is 6.07 Å². The van der Waals surface area contributed by atoms with E-state index >= 15 is 0 Å². The molecule has 1 aromatic carbocycles. The number of nitrogens with one attached hydrogen (secondary N) is 1. The molecule has 0 atom stereocenters. The molecule has 0 amide bonds. The molecule has 134 valence electrons. The third-order valence-corrected chi connectivity index (χ3v) is 3.79. The van der Waals surface area contributed by atoms with Crippen molar-refractivity contribution in [3.8, 4) is 5.75 Å². The predicted octanol–water partition coefficient (Wildman–Crippen LogP) is 3.63. The normalized spacial score (nSPS) is 10.5. The van der Waals surface area contributed by atoms with Crippen LogP contribution in [0.3, 0.4) is 0 Å². The van der Waals surface area contributed by atoms with Gasteiger partial charge >= 0.3 is 5.69 Å². The van der Waals surface area contributed by atoms with Gasteiger partial charge in [0, 0.05) is 36.6 Å². The van der Waals surface area contributed by atoms with E-state index in [1.165, 1.54) is 12.1 Å². The predicted molar refractivity (Wildman–Crippen MR) is 97.6 cm³/mol. The van der Waals surface area contributed by atoms with Crippen LogP contribution in [0.15, 0.2) is 24.3 Å². The first-order valence-corrected chi connectivity index (χ1v) is 8.35. The second kappa shape index (κ2) is 8.27. The molecule has 0 radical (unpaired) electrons. The first-order chi connectivity index (χ1) is 12.0. The van der Waals surface area contributed by atoms with E-state index < -0.39 is 4.92 Å². The van der Waals surface area contributed by atoms with Gasteiger partial charge in [-0.3, -0.25) is 10.1 Å². The highest BCUT2D eigenvalue weighted by Gasteiger charge is 2.15. The highest BCUT2D eigenvalue weighted by atomic mass is 16.6. The van der Waals surface area contributed by atoms with Crippen LogP contribution in [-0.4, -0.2) is 33.1 Å². The van der Waals surface area contributed by atoms with Crippen LogP contribution in [-0.2, 0) is 6.42 Å². The Bertz CT molecular complexity index is 747. The minimum Gasteiger partial charge on any atom is -0.502 e. The van der Waals surface area contributed by atoms with Crippen LogP contribution in [0.2, 0.25) is 0 Å². The number of nitro groups is 1. The van der Waals surface area contributed by atoms with Crippen molar-refractivity contribution in [1.29, 1.82) is 0 Å². The monoisotopic (exact) mass is 345 g/mol. The summed E-state index contributed by atoms with van der Waals surface area (Å²) in [5, 5.41) is 23.5. The maximum absolute atomic E-state index is 11.0. The van der Waals surface area contributed by atoms with Gasteiger partial charge in [-0.15, -0.1) is 0 Å². The summed E-state index contributed by atoms with van der Waals surface area (Å²) in [5.41, 5.74) is 0.998. The number of hydrogen-bond acceptors (Lipinski definition) is 7. The number of phenolic OH excluding ortho intramolecular Hbond substituents is 1. The molecule has 1 aromatic heterocycles. The van der Waals surface area contributed by atoms with Crippen molar-refractivity contribution >= 4 is 23.1 Å². The van der Waals surface area contributed by atoms with E-state index in [0.29, 0.717) is 11.6 Å². The summed E-state index contributed by atoms with van der Waals surface area (Å²) in [6, 6.07) is 6.07. The molecular formula is C17H23N5O3. The Morgan fingerprint density at radius 1 is 1.20 bits per heavy atom. The van der Waals surface area contributed by atoms with Crippen molar-refractivity contribution in [2.45, 2.75) is 33.6 Å². The second-order valence-electron chi connectivity index (χ2n) is 5.55. The molecule has 1 heterocycles. The molecule has 0 aliphatic heterocycles. The molecule has 2 rings (SSSR count). The second-order valence-corrected chi connectivity index (χ2v) is 5.55. The molecule has 0 saturated heterocycles. The largest absolute Gasteiger partial charge is 0.502 e. The van der Waals surface area contributed by atoms with Crippen molar-refractivity contribution in [2.24, 2.45) is 0 Å². The Kier molecular flexibility index (Phi) is 6.10. The number of aryl methyl sites for hydroxylation is 1. The summed E-state index contributed by atoms with van der Waals surface area (Å²) in [6.45, 7) is 7.84. The Hall–Kier alpha value is -2.90. The summed E-state index contributed by atoms with van der Waals surface area (Å²) in [4.78, 5) is 21.5. The average Bonchev–Trinajstić information content (AvgIpc) is 2.58. The summed E-state index contributed by atoms with van der Waals surface area (Å²) >= 11 is 0. The first-order valence-electron chi connectivity index (χ1n) is 8.35. The Morgan fingerprint density at radius 3 is 2.52 bits per heavy atom. The number of benzene rings is 1. The fourth-order valence-corrected chi connectivity index (χ4v) is 2.51. The number of nitrogens with zero attached hydrogens (tertiary/aromatic N) is 4. The minimum atomic E-state index is -0.629. The lowest BCUT2D eigenvalue weighted by atomic mass is 10.2. The fourth-order valence-electron chi connectivity index (χ4n) is 2.51. The molecule has 8 nitrogen and oxygen atoms in total. The maximum atomic E-state index is 11.0. The molecule has 0 fully saturated rings. The molecule has 0 aliphatic carbocycles. The van der Waals surface area contributed by atoms with E-state index in [1.807, 2.05) is 6.07 Å². The highest BCUT2D eigenvalue weighted by Crippen LogP contribution is 2.30. The molecule has 2 N–H and O–H groups in total. The number of nitro benzene ring substituents is 1. The first kappa shape index (κ1) is 18.4. The third kappa shape index (κ3) is 4.56. The SMILES string of the molecule is CCCc1cc(N(CC)CC)nc(Nc2ccc(O)c([N+](=O)[O-])c2)n1. The lowest BCUT2D eigenvalue weighted by molar-refractivity contribution is -0.385. The van der Waals surface area contributed by atoms with Gasteiger partial charge in [0.05, 0.1) is 4.92 Å². The zero-order chi connectivity index (χ0) is 18.4. The van der Waals surface area contributed by atoms with Gasteiger partial charge < -0.3 is 15.3 Å². The molecular weight excluding hydrogens is 322 g/mol. The van der Waals surface area contributed by atoms with Crippen molar-refractivity contribution in [3.63, 3.8) is 0 Å². The van der Waals surface area contributed by atoms with Crippen LogP contribution >= 0.6 is 0 Å². The Balaban J connectivity index is 2.38. The Labute approximate surface area is 146 Å². The van der Waals surface area contributed by atoms with Gasteiger partial charge in [-0.1, -0.05) is 13.3 Å². The lowest BCUT2D eigenvalue weighted by Crippen LogP contribution is -2.23. The van der Waals surface area contributed by atoms with E-state index in [9.17, 15) is 15.2 Å². The fraction of sp³-hybridized carbons (Fsp3) is 0.412. The summed E-state index contributed by atoms with van der Waals surface area (Å²) in [7, 11) is 0. The van der Waals surface area contributed by atoms with Crippen LogP contribution in [0.5, 0.6) is 5.75 Å². The number of anilines is 3. The Morgan fingerprint density at radius 2 is 1.92 bits per heavy atom. The number of rotatable bonds is 8. The van der Waals surface area contributed by atoms with Gasteiger partial charge in [0.15, 0.2) is 5.75 Å². The van der Waals surface area contributed by atoms with Gasteiger partial charge in [0.25, 0.3) is 0 Å². The number of aromatic hydroxyl groups is 1. The number of hydrogen-bond donors (Lipinski definition) is 2. The minimum absolute atomic E-state index is 0.362. The van der Waals surface area contributed by atoms with Crippen molar-refractivity contribution < 1.29 is 10.0 Å². The van der Waals surface area contributed by atoms with Crippen LogP contribution in [0.25, 0.3) is 0 Å². The number of aromatic nitrogens is 2. The maximum Gasteiger partial charge on any atom is 0.312 e. The molecule has 0 bridgehead atoms. The van der Waals surface area contributed by atoms with Crippen molar-refractivity contribution in [2.75, 3.05) is 23.3 Å². The van der Waals surface area contributed by atoms with Crippen LogP contribution in [0, 0.1) is 10.1 Å². The zero-order valence-corrected chi connectivity index (χ0v) is 14.7. The quantitative estimate of drug-likeness (QED) is 0.427. The molecule has 0 saturated carbocycles. The smallest absolute Gasteiger partial charge is 0.312 e. The lowest BCUT2D eigenvalue weighted by Gasteiger charge is -2.21. The standard InChI is InChI=1S/C17H23N5O3/c1-4-7-12-11-16(21(5-2)6-3)20-17(18-12)19-13-8-9-15(23)14(10-13)22(24)25/h8-11,23H,4-7H2,1-3H3,(H,18,19,20). The topological polar surface area (TPSA) is 104 Å². The molecule has 2 aromatic rings. The van der Waals surface area contributed by atoms with Gasteiger partial charge in [0.2, 0.25) is 5.95 Å². The molecule has 8 heteroatoms. The van der Waals surface area contributed by atoms with Crippen LogP contribution in [0.1, 0.15) is 32.9 Å². The van der Waals surface area contributed by atoms with E-state index in [2.05, 4.69) is 41.0 Å². The van der Waals surface area contributed by atoms with Gasteiger partial charge in [-0.05, 0) is 32.4 Å². The summed E-state index contributed by atoms with van der Waals surface area (Å²) in [5.74, 6) is 0.826. The molecule has 25 heavy (non-hydrogen) atoms. The van der Waals surface area contributed by atoms with E-state index in [0.717, 1.165) is 37.4 Å². The van der Waals surface area contributed by atoms with Gasteiger partial charge in [-0.2, -0.15) is 4.98 Å². The summed E-state index contributed by atoms with van der Waals surface area (Å²) in [6.07, 6.45) is 1.78. The molecule has 0 unspecified atom stereocenters. The van der Waals surface area contributed by atoms with Crippen LogP contribution in [0.4, 0.5) is 23.1 Å². The number of phenols is 1. The van der Waals surface area contributed by atoms with Gasteiger partial charge in [-0.25, -0.2) is 4.98 Å². The van der Waals surface area contributed by atoms with E-state index in [-0.39, 0.29) is 11.4 Å². The van der Waals surface area contributed by atoms with Crippen LogP contribution < -0.4 is 10.2 Å². The zero-order valence-electron chi connectivity index (χ0n) is 14.7. The van der Waals surface area contributed by atoms with Crippen molar-refractivity contribution in [1.82, 2.24) is 9.97 Å². The average molecular weight is 345 g/mol. The molecule has 0 aliphatic rings. The highest BCUT2D eigenvalue weighted by molar-refractivity contribution is 5.62. The molecule has 0 spiro atoms. The van der Waals surface area contributed by atoms with Crippen molar-refractivity contribution in [3.05, 3.63) is 40.1 Å². The van der Waals surface area contributed by atoms with E-state index in [4.69, 9.17) is 0 Å².